The van der Waals surface area contributed by atoms with Crippen LogP contribution in [-0.2, 0) is 0 Å². The van der Waals surface area contributed by atoms with Gasteiger partial charge in [0.1, 0.15) is 0 Å². The lowest BCUT2D eigenvalue weighted by atomic mass is 9.89. The first-order chi connectivity index (χ1) is 12.5. The van der Waals surface area contributed by atoms with Crippen LogP contribution in [0.1, 0.15) is 23.2 Å². The number of anilines is 2. The number of rotatable bonds is 4. The largest absolute Gasteiger partial charge is 0.332 e. The summed E-state index contributed by atoms with van der Waals surface area (Å²) in [6.45, 7) is 1.95. The highest BCUT2D eigenvalue weighted by Crippen LogP contribution is 2.23. The summed E-state index contributed by atoms with van der Waals surface area (Å²) in [7, 11) is 2.10. The molecule has 136 valence electrons. The molecule has 2 N–H and O–H groups in total. The fourth-order valence-corrected chi connectivity index (χ4v) is 3.54. The molecule has 0 unspecified atom stereocenters. The van der Waals surface area contributed by atoms with E-state index in [0.717, 1.165) is 42.9 Å². The van der Waals surface area contributed by atoms with Gasteiger partial charge in [-0.15, -0.1) is 0 Å². The van der Waals surface area contributed by atoms with E-state index in [1.54, 1.807) is 12.1 Å². The third-order valence-corrected chi connectivity index (χ3v) is 5.02. The van der Waals surface area contributed by atoms with Crippen molar-refractivity contribution in [3.05, 3.63) is 59.1 Å². The first-order valence-corrected chi connectivity index (χ1v) is 9.46. The zero-order valence-corrected chi connectivity index (χ0v) is 16.2. The van der Waals surface area contributed by atoms with Crippen LogP contribution in [0.4, 0.5) is 11.4 Å². The molecule has 1 saturated heterocycles. The normalized spacial score (nSPS) is 15.5. The van der Waals surface area contributed by atoms with Gasteiger partial charge in [0.15, 0.2) is 10.9 Å². The molecule has 4 nitrogen and oxygen atoms in total. The number of benzene rings is 2. The Hall–Kier alpha value is -1.95. The molecule has 0 aliphatic carbocycles. The molecular formula is C20H22ClN3OS. The number of piperidine rings is 1. The SMILES string of the molecule is CN1CCC(C(=O)c2cccc(NC(=S)Nc3cccc(Cl)c3)c2)CC1. The molecule has 1 aliphatic rings. The fourth-order valence-electron chi connectivity index (χ4n) is 3.12. The molecule has 1 aliphatic heterocycles. The minimum atomic E-state index is 0.109. The highest BCUT2D eigenvalue weighted by Gasteiger charge is 2.24. The number of ketones is 1. The molecule has 0 aromatic heterocycles. The van der Waals surface area contributed by atoms with E-state index in [-0.39, 0.29) is 11.7 Å². The Balaban J connectivity index is 1.63. The van der Waals surface area contributed by atoms with Gasteiger partial charge in [0.2, 0.25) is 0 Å². The molecular weight excluding hydrogens is 366 g/mol. The van der Waals surface area contributed by atoms with E-state index in [1.165, 1.54) is 0 Å². The topological polar surface area (TPSA) is 44.4 Å². The summed E-state index contributed by atoms with van der Waals surface area (Å²) >= 11 is 11.3. The van der Waals surface area contributed by atoms with Crippen molar-refractivity contribution in [2.75, 3.05) is 30.8 Å². The molecule has 0 atom stereocenters. The fraction of sp³-hybridized carbons (Fsp3) is 0.300. The van der Waals surface area contributed by atoms with Gasteiger partial charge in [-0.3, -0.25) is 4.79 Å². The quantitative estimate of drug-likeness (QED) is 0.589. The van der Waals surface area contributed by atoms with Gasteiger partial charge < -0.3 is 15.5 Å². The van der Waals surface area contributed by atoms with Crippen LogP contribution in [-0.4, -0.2) is 35.9 Å². The molecule has 0 spiro atoms. The van der Waals surface area contributed by atoms with E-state index in [4.69, 9.17) is 23.8 Å². The van der Waals surface area contributed by atoms with E-state index in [2.05, 4.69) is 22.6 Å². The summed E-state index contributed by atoms with van der Waals surface area (Å²) in [5, 5.41) is 7.32. The number of likely N-dealkylation sites (tertiary alicyclic amines) is 1. The van der Waals surface area contributed by atoms with E-state index in [9.17, 15) is 4.79 Å². The average Bonchev–Trinajstić information content (AvgIpc) is 2.62. The van der Waals surface area contributed by atoms with E-state index in [1.807, 2.05) is 36.4 Å². The molecule has 26 heavy (non-hydrogen) atoms. The van der Waals surface area contributed by atoms with Crippen molar-refractivity contribution in [2.45, 2.75) is 12.8 Å². The number of nitrogens with one attached hydrogen (secondary N) is 2. The van der Waals surface area contributed by atoms with E-state index < -0.39 is 0 Å². The number of halogens is 1. The second-order valence-corrected chi connectivity index (χ2v) is 7.46. The molecule has 2 aromatic rings. The summed E-state index contributed by atoms with van der Waals surface area (Å²) in [5.74, 6) is 0.327. The number of hydrogen-bond acceptors (Lipinski definition) is 3. The molecule has 0 bridgehead atoms. The predicted molar refractivity (Wildman–Crippen MR) is 112 cm³/mol. The zero-order valence-electron chi connectivity index (χ0n) is 14.7. The Kier molecular flexibility index (Phi) is 6.25. The third-order valence-electron chi connectivity index (χ3n) is 4.58. The number of hydrogen-bond donors (Lipinski definition) is 2. The summed E-state index contributed by atoms with van der Waals surface area (Å²) in [4.78, 5) is 15.0. The monoisotopic (exact) mass is 387 g/mol. The first kappa shape index (κ1) is 18.8. The average molecular weight is 388 g/mol. The van der Waals surface area contributed by atoms with Crippen LogP contribution < -0.4 is 10.6 Å². The number of Topliss-reactive ketones (excluding diaryl/α,β-unsaturated/α-hetero) is 1. The van der Waals surface area contributed by atoms with Crippen LogP contribution >= 0.6 is 23.8 Å². The summed E-state index contributed by atoms with van der Waals surface area (Å²) in [6, 6.07) is 14.9. The minimum Gasteiger partial charge on any atom is -0.332 e. The number of nitrogens with zero attached hydrogens (tertiary/aromatic N) is 1. The van der Waals surface area contributed by atoms with Crippen molar-refractivity contribution < 1.29 is 4.79 Å². The van der Waals surface area contributed by atoms with Gasteiger partial charge in [0, 0.05) is 27.9 Å². The molecule has 1 fully saturated rings. The molecule has 6 heteroatoms. The Bertz CT molecular complexity index is 803. The highest BCUT2D eigenvalue weighted by atomic mass is 35.5. The van der Waals surface area contributed by atoms with Crippen molar-refractivity contribution in [3.8, 4) is 0 Å². The predicted octanol–water partition coefficient (Wildman–Crippen LogP) is 4.67. The van der Waals surface area contributed by atoms with Crippen LogP contribution in [0.3, 0.4) is 0 Å². The van der Waals surface area contributed by atoms with Crippen molar-refractivity contribution in [2.24, 2.45) is 5.92 Å². The van der Waals surface area contributed by atoms with Crippen molar-refractivity contribution in [3.63, 3.8) is 0 Å². The first-order valence-electron chi connectivity index (χ1n) is 8.67. The molecule has 1 heterocycles. The van der Waals surface area contributed by atoms with Gasteiger partial charge in [-0.2, -0.15) is 0 Å². The van der Waals surface area contributed by atoms with Gasteiger partial charge in [-0.25, -0.2) is 0 Å². The van der Waals surface area contributed by atoms with E-state index in [0.29, 0.717) is 10.1 Å². The second kappa shape index (κ2) is 8.62. The molecule has 0 amide bonds. The summed E-state index contributed by atoms with van der Waals surface area (Å²) < 4.78 is 0. The molecule has 0 radical (unpaired) electrons. The number of thiocarbonyl (C=S) groups is 1. The Morgan fingerprint density at radius 2 is 1.69 bits per heavy atom. The standard InChI is InChI=1S/C20H22ClN3OS/c1-24-10-8-14(9-11-24)19(25)15-4-2-6-17(12-15)22-20(26)23-18-7-3-5-16(21)13-18/h2-7,12-14H,8-11H2,1H3,(H2,22,23,26). The van der Waals surface area contributed by atoms with Crippen LogP contribution in [0, 0.1) is 5.92 Å². The number of carbonyl (C=O) groups excluding carboxylic acids is 1. The maximum Gasteiger partial charge on any atom is 0.175 e. The lowest BCUT2D eigenvalue weighted by molar-refractivity contribution is 0.0857. The molecule has 0 saturated carbocycles. The minimum absolute atomic E-state index is 0.109. The van der Waals surface area contributed by atoms with Crippen molar-refractivity contribution >= 4 is 46.1 Å². The lowest BCUT2D eigenvalue weighted by Crippen LogP contribution is -2.33. The lowest BCUT2D eigenvalue weighted by Gasteiger charge is -2.28. The second-order valence-electron chi connectivity index (χ2n) is 6.61. The van der Waals surface area contributed by atoms with Gasteiger partial charge in [-0.05, 0) is 75.5 Å². The Morgan fingerprint density at radius 1 is 1.08 bits per heavy atom. The highest BCUT2D eigenvalue weighted by molar-refractivity contribution is 7.80. The van der Waals surface area contributed by atoms with Crippen molar-refractivity contribution in [1.82, 2.24) is 4.90 Å². The van der Waals surface area contributed by atoms with Gasteiger partial charge in [0.05, 0.1) is 0 Å². The van der Waals surface area contributed by atoms with Crippen LogP contribution in [0.25, 0.3) is 0 Å². The maximum absolute atomic E-state index is 12.8. The Labute approximate surface area is 164 Å². The van der Waals surface area contributed by atoms with Crippen LogP contribution in [0.15, 0.2) is 48.5 Å². The van der Waals surface area contributed by atoms with Gasteiger partial charge in [-0.1, -0.05) is 29.8 Å². The van der Waals surface area contributed by atoms with Crippen LogP contribution in [0.2, 0.25) is 5.02 Å². The molecule has 3 rings (SSSR count). The van der Waals surface area contributed by atoms with Gasteiger partial charge in [0.25, 0.3) is 0 Å². The Morgan fingerprint density at radius 3 is 2.35 bits per heavy atom. The maximum atomic E-state index is 12.8. The summed E-state index contributed by atoms with van der Waals surface area (Å²) in [5.41, 5.74) is 2.34. The van der Waals surface area contributed by atoms with Gasteiger partial charge >= 0.3 is 0 Å². The summed E-state index contributed by atoms with van der Waals surface area (Å²) in [6.07, 6.45) is 1.84. The number of carbonyl (C=O) groups is 1. The van der Waals surface area contributed by atoms with Crippen molar-refractivity contribution in [1.29, 1.82) is 0 Å². The van der Waals surface area contributed by atoms with E-state index >= 15 is 0 Å². The zero-order chi connectivity index (χ0) is 18.5. The molecule has 2 aromatic carbocycles. The smallest absolute Gasteiger partial charge is 0.175 e. The third kappa shape index (κ3) is 5.04. The van der Waals surface area contributed by atoms with Crippen LogP contribution in [0.5, 0.6) is 0 Å².